The van der Waals surface area contributed by atoms with Gasteiger partial charge in [-0.25, -0.2) is 4.98 Å². The first-order chi connectivity index (χ1) is 18.1. The van der Waals surface area contributed by atoms with Crippen molar-refractivity contribution in [3.05, 3.63) is 83.1 Å². The molecule has 6 nitrogen and oxygen atoms in total. The van der Waals surface area contributed by atoms with Crippen LogP contribution in [-0.4, -0.2) is 51.0 Å². The first-order valence-electron chi connectivity index (χ1n) is 11.8. The van der Waals surface area contributed by atoms with Gasteiger partial charge in [-0.15, -0.1) is 0 Å². The molecule has 3 aromatic rings. The summed E-state index contributed by atoms with van der Waals surface area (Å²) in [4.78, 5) is 19.1. The molecule has 38 heavy (non-hydrogen) atoms. The summed E-state index contributed by atoms with van der Waals surface area (Å²) in [5.41, 5.74) is 1.89. The zero-order valence-corrected chi connectivity index (χ0v) is 21.2. The highest BCUT2D eigenvalue weighted by atomic mass is 19.4. The fourth-order valence-corrected chi connectivity index (χ4v) is 4.43. The Kier molecular flexibility index (Phi) is 7.99. The van der Waals surface area contributed by atoms with Gasteiger partial charge in [0.2, 0.25) is 11.8 Å². The minimum Gasteiger partial charge on any atom is -0.497 e. The number of pyridine rings is 1. The maximum absolute atomic E-state index is 13.2. The Labute approximate surface area is 220 Å². The summed E-state index contributed by atoms with van der Waals surface area (Å²) in [5, 5.41) is 0. The molecule has 10 heteroatoms. The van der Waals surface area contributed by atoms with Crippen molar-refractivity contribution in [3.8, 4) is 17.4 Å². The van der Waals surface area contributed by atoms with E-state index in [0.29, 0.717) is 46.6 Å². The molecule has 1 aliphatic rings. The summed E-state index contributed by atoms with van der Waals surface area (Å²) in [6.07, 6.45) is -1.73. The van der Waals surface area contributed by atoms with Gasteiger partial charge in [0.1, 0.15) is 19.3 Å². The van der Waals surface area contributed by atoms with E-state index in [-0.39, 0.29) is 24.4 Å². The van der Waals surface area contributed by atoms with Crippen molar-refractivity contribution in [2.75, 3.05) is 21.3 Å². The van der Waals surface area contributed by atoms with E-state index >= 15 is 0 Å². The molecule has 0 bridgehead atoms. The molecule has 1 amide bonds. The molecule has 196 valence electrons. The smallest absolute Gasteiger partial charge is 0.416 e. The molecule has 1 aliphatic heterocycles. The summed E-state index contributed by atoms with van der Waals surface area (Å²) in [6, 6.07) is 13.2. The maximum Gasteiger partial charge on any atom is 0.416 e. The van der Waals surface area contributed by atoms with Gasteiger partial charge in [-0.3, -0.25) is 4.79 Å². The van der Waals surface area contributed by atoms with Crippen LogP contribution in [0.2, 0.25) is 0 Å². The van der Waals surface area contributed by atoms with Crippen LogP contribution in [0.15, 0.2) is 60.7 Å². The first-order valence-corrected chi connectivity index (χ1v) is 11.8. The third-order valence-corrected chi connectivity index (χ3v) is 6.45. The quantitative estimate of drug-likeness (QED) is 0.407. The van der Waals surface area contributed by atoms with E-state index in [2.05, 4.69) is 4.98 Å². The lowest BCUT2D eigenvalue weighted by Gasteiger charge is -2.25. The number of hydrogen-bond acceptors (Lipinski definition) is 5. The Morgan fingerprint density at radius 3 is 2.42 bits per heavy atom. The van der Waals surface area contributed by atoms with Crippen LogP contribution in [0, 0.1) is 0 Å². The first kappa shape index (κ1) is 27.1. The van der Waals surface area contributed by atoms with E-state index in [1.807, 2.05) is 12.1 Å². The van der Waals surface area contributed by atoms with Gasteiger partial charge in [0.05, 0.1) is 38.6 Å². The molecule has 2 radical (unpaired) electrons. The van der Waals surface area contributed by atoms with Gasteiger partial charge in [0.25, 0.3) is 0 Å². The van der Waals surface area contributed by atoms with Crippen LogP contribution in [-0.2, 0) is 17.5 Å². The molecule has 1 aromatic heterocycles. The zero-order valence-electron chi connectivity index (χ0n) is 21.2. The molecule has 0 aliphatic carbocycles. The predicted molar refractivity (Wildman–Crippen MR) is 138 cm³/mol. The van der Waals surface area contributed by atoms with Crippen LogP contribution in [0.3, 0.4) is 0 Å². The van der Waals surface area contributed by atoms with Crippen molar-refractivity contribution in [3.63, 3.8) is 0 Å². The number of alkyl halides is 3. The van der Waals surface area contributed by atoms with Crippen LogP contribution < -0.4 is 19.7 Å². The van der Waals surface area contributed by atoms with Crippen molar-refractivity contribution in [2.24, 2.45) is 0 Å². The molecule has 0 saturated carbocycles. The molecule has 1 fully saturated rings. The monoisotopic (exact) mass is 522 g/mol. The number of carbonyl (C=O) groups excluding carboxylic acids is 1. The second kappa shape index (κ2) is 11.2. The molecule has 4 rings (SSSR count). The van der Waals surface area contributed by atoms with E-state index in [0.717, 1.165) is 17.7 Å². The second-order valence-corrected chi connectivity index (χ2v) is 8.76. The lowest BCUT2D eigenvalue weighted by atomic mass is 9.94. The third kappa shape index (κ3) is 5.79. The standard InChI is InChI=1S/C28H26BF3N2O4/c1-36-21-10-6-18(25(15-21)37-2)16-34-20(9-13-26(34)35)14-22(24-12-11-23(29)27(33-24)38-3)17-4-7-19(8-5-17)28(30,31)32/h4-8,10-12,14-15,20H,9,13,16H2,1-3H3/b22-14+/t20-/m1/s1. The molecule has 0 spiro atoms. The number of benzene rings is 2. The van der Waals surface area contributed by atoms with E-state index in [9.17, 15) is 18.0 Å². The number of halogens is 3. The number of rotatable bonds is 8. The summed E-state index contributed by atoms with van der Waals surface area (Å²) >= 11 is 0. The molecule has 1 saturated heterocycles. The highest BCUT2D eigenvalue weighted by Crippen LogP contribution is 2.34. The van der Waals surface area contributed by atoms with Crippen molar-refractivity contribution in [2.45, 2.75) is 31.6 Å². The summed E-state index contributed by atoms with van der Waals surface area (Å²) in [5.74, 6) is 1.36. The van der Waals surface area contributed by atoms with Crippen LogP contribution in [0.5, 0.6) is 17.4 Å². The zero-order chi connectivity index (χ0) is 27.4. The van der Waals surface area contributed by atoms with Crippen LogP contribution in [0.4, 0.5) is 13.2 Å². The van der Waals surface area contributed by atoms with Crippen molar-refractivity contribution < 1.29 is 32.2 Å². The minimum atomic E-state index is -4.46. The van der Waals surface area contributed by atoms with E-state index in [1.165, 1.54) is 19.2 Å². The second-order valence-electron chi connectivity index (χ2n) is 8.76. The molecular formula is C28H26BF3N2O4. The van der Waals surface area contributed by atoms with Crippen LogP contribution >= 0.6 is 0 Å². The Bertz CT molecular complexity index is 1340. The van der Waals surface area contributed by atoms with Gasteiger partial charge in [-0.1, -0.05) is 24.3 Å². The number of methoxy groups -OCH3 is 3. The van der Waals surface area contributed by atoms with Gasteiger partial charge < -0.3 is 19.1 Å². The molecule has 0 unspecified atom stereocenters. The molecular weight excluding hydrogens is 496 g/mol. The van der Waals surface area contributed by atoms with Crippen LogP contribution in [0.1, 0.15) is 35.2 Å². The van der Waals surface area contributed by atoms with Gasteiger partial charge >= 0.3 is 6.18 Å². The number of ether oxygens (including phenoxy) is 3. The number of likely N-dealkylation sites (tertiary alicyclic amines) is 1. The van der Waals surface area contributed by atoms with E-state index in [1.54, 1.807) is 43.4 Å². The molecule has 0 N–H and O–H groups in total. The van der Waals surface area contributed by atoms with E-state index in [4.69, 9.17) is 22.1 Å². The minimum absolute atomic E-state index is 0.0428. The van der Waals surface area contributed by atoms with Gasteiger partial charge in [-0.2, -0.15) is 13.2 Å². The molecule has 2 aromatic carbocycles. The number of aromatic nitrogens is 1. The van der Waals surface area contributed by atoms with Crippen molar-refractivity contribution >= 4 is 24.8 Å². The highest BCUT2D eigenvalue weighted by molar-refractivity contribution is 6.34. The Morgan fingerprint density at radius 1 is 1.05 bits per heavy atom. The van der Waals surface area contributed by atoms with Crippen molar-refractivity contribution in [1.82, 2.24) is 9.88 Å². The van der Waals surface area contributed by atoms with Crippen molar-refractivity contribution in [1.29, 1.82) is 0 Å². The fraction of sp³-hybridized carbons (Fsp3) is 0.286. The lowest BCUT2D eigenvalue weighted by Crippen LogP contribution is -2.31. The summed E-state index contributed by atoms with van der Waals surface area (Å²) in [6.45, 7) is 0.284. The maximum atomic E-state index is 13.2. The fourth-order valence-electron chi connectivity index (χ4n) is 4.43. The normalized spacial score (nSPS) is 16.1. The lowest BCUT2D eigenvalue weighted by molar-refractivity contribution is -0.137. The summed E-state index contributed by atoms with van der Waals surface area (Å²) in [7, 11) is 10.5. The van der Waals surface area contributed by atoms with Gasteiger partial charge in [0, 0.05) is 30.2 Å². The Morgan fingerprint density at radius 2 is 1.79 bits per heavy atom. The molecule has 1 atom stereocenters. The average molecular weight is 522 g/mol. The highest BCUT2D eigenvalue weighted by Gasteiger charge is 2.32. The average Bonchev–Trinajstić information content (AvgIpc) is 3.26. The number of nitrogens with zero attached hydrogens (tertiary/aromatic N) is 2. The topological polar surface area (TPSA) is 60.9 Å². The number of amides is 1. The van der Waals surface area contributed by atoms with Gasteiger partial charge in [-0.05, 0) is 47.8 Å². The third-order valence-electron chi connectivity index (χ3n) is 6.45. The number of carbonyl (C=O) groups is 1. The Balaban J connectivity index is 1.76. The largest absolute Gasteiger partial charge is 0.497 e. The van der Waals surface area contributed by atoms with Gasteiger partial charge in [0.15, 0.2) is 0 Å². The SMILES string of the molecule is [B]c1ccc(/C(=C/[C@H]2CCC(=O)N2Cc2ccc(OC)cc2OC)c2ccc(C(F)(F)F)cc2)nc1OC. The van der Waals surface area contributed by atoms with Crippen LogP contribution in [0.25, 0.3) is 5.57 Å². The van der Waals surface area contributed by atoms with E-state index < -0.39 is 11.7 Å². The Hall–Kier alpha value is -3.95. The molecule has 2 heterocycles. The predicted octanol–water partition coefficient (Wildman–Crippen LogP) is 4.54. The summed E-state index contributed by atoms with van der Waals surface area (Å²) < 4.78 is 55.7. The number of hydrogen-bond donors (Lipinski definition) is 0.